The number of anilines is 1. The number of carbonyl (C=O) groups is 1. The van der Waals surface area contributed by atoms with Crippen molar-refractivity contribution in [1.29, 1.82) is 0 Å². The summed E-state index contributed by atoms with van der Waals surface area (Å²) in [6.07, 6.45) is 2.07. The topological polar surface area (TPSA) is 93.4 Å². The second-order valence-electron chi connectivity index (χ2n) is 6.65. The van der Waals surface area contributed by atoms with Crippen LogP contribution in [-0.4, -0.2) is 59.3 Å². The lowest BCUT2D eigenvalue weighted by molar-refractivity contribution is 0.0751. The summed E-state index contributed by atoms with van der Waals surface area (Å²) in [5.41, 5.74) is 2.06. The number of amides is 1. The molecule has 140 valence electrons. The number of rotatable bonds is 7. The van der Waals surface area contributed by atoms with Crippen molar-refractivity contribution in [2.75, 3.05) is 38.7 Å². The maximum atomic E-state index is 12.4. The lowest BCUT2D eigenvalue weighted by Crippen LogP contribution is -2.27. The Morgan fingerprint density at radius 2 is 2.04 bits per heavy atom. The molecule has 0 aliphatic carbocycles. The summed E-state index contributed by atoms with van der Waals surface area (Å²) in [4.78, 5) is 23.3. The van der Waals surface area contributed by atoms with E-state index in [1.807, 2.05) is 6.07 Å². The number of aromatic nitrogens is 3. The van der Waals surface area contributed by atoms with Gasteiger partial charge in [0.2, 0.25) is 11.7 Å². The summed E-state index contributed by atoms with van der Waals surface area (Å²) < 4.78 is 10.3. The summed E-state index contributed by atoms with van der Waals surface area (Å²) in [5.74, 6) is 0.884. The van der Waals surface area contributed by atoms with Gasteiger partial charge in [0.15, 0.2) is 0 Å². The number of ether oxygens (including phenoxy) is 1. The molecule has 0 radical (unpaired) electrons. The lowest BCUT2D eigenvalue weighted by atomic mass is 10.1. The highest BCUT2D eigenvalue weighted by Crippen LogP contribution is 2.24. The van der Waals surface area contributed by atoms with Crippen molar-refractivity contribution < 1.29 is 14.1 Å². The fourth-order valence-corrected chi connectivity index (χ4v) is 2.81. The smallest absolute Gasteiger partial charge is 0.292 e. The molecule has 1 aliphatic heterocycles. The first kappa shape index (κ1) is 18.3. The van der Waals surface area contributed by atoms with Gasteiger partial charge in [-0.25, -0.2) is 9.97 Å². The van der Waals surface area contributed by atoms with Crippen LogP contribution in [0.25, 0.3) is 11.4 Å². The molecule has 26 heavy (non-hydrogen) atoms. The molecule has 1 aliphatic rings. The van der Waals surface area contributed by atoms with E-state index in [1.165, 1.54) is 0 Å². The zero-order valence-electron chi connectivity index (χ0n) is 15.5. The lowest BCUT2D eigenvalue weighted by Gasteiger charge is -2.11. The summed E-state index contributed by atoms with van der Waals surface area (Å²) in [7, 11) is 1.65. The molecular weight excluding hydrogens is 334 g/mol. The Labute approximate surface area is 152 Å². The number of carbonyl (C=O) groups excluding carboxylic acids is 1. The molecular formula is C18H25N5O3. The SMILES string of the molecule is COCCNc1nc(-c2cc(C(=O)N3CCCC3)on2)cc(C(C)C)n1. The molecule has 0 atom stereocenters. The van der Waals surface area contributed by atoms with Crippen LogP contribution in [0.1, 0.15) is 48.9 Å². The molecule has 2 aromatic rings. The van der Waals surface area contributed by atoms with E-state index in [0.29, 0.717) is 30.5 Å². The first-order valence-corrected chi connectivity index (χ1v) is 8.96. The van der Waals surface area contributed by atoms with Crippen LogP contribution in [0.3, 0.4) is 0 Å². The van der Waals surface area contributed by atoms with Gasteiger partial charge in [-0.05, 0) is 24.8 Å². The van der Waals surface area contributed by atoms with Crippen LogP contribution in [0.4, 0.5) is 5.95 Å². The van der Waals surface area contributed by atoms with Gasteiger partial charge in [-0.1, -0.05) is 19.0 Å². The van der Waals surface area contributed by atoms with Crippen LogP contribution in [0.5, 0.6) is 0 Å². The molecule has 0 saturated carbocycles. The van der Waals surface area contributed by atoms with Crippen molar-refractivity contribution >= 4 is 11.9 Å². The van der Waals surface area contributed by atoms with Crippen LogP contribution in [0.15, 0.2) is 16.7 Å². The van der Waals surface area contributed by atoms with Gasteiger partial charge in [0.25, 0.3) is 5.91 Å². The third kappa shape index (κ3) is 4.19. The predicted octanol–water partition coefficient (Wildman–Crippen LogP) is 2.55. The van der Waals surface area contributed by atoms with Gasteiger partial charge in [-0.15, -0.1) is 0 Å². The summed E-state index contributed by atoms with van der Waals surface area (Å²) in [5, 5.41) is 7.20. The number of methoxy groups -OCH3 is 1. The number of hydrogen-bond acceptors (Lipinski definition) is 7. The second kappa shape index (κ2) is 8.27. The minimum absolute atomic E-state index is 0.113. The first-order chi connectivity index (χ1) is 12.6. The molecule has 0 bridgehead atoms. The Balaban J connectivity index is 1.84. The Hall–Kier alpha value is -2.48. The Morgan fingerprint density at radius 3 is 2.73 bits per heavy atom. The first-order valence-electron chi connectivity index (χ1n) is 8.96. The van der Waals surface area contributed by atoms with Gasteiger partial charge >= 0.3 is 0 Å². The maximum absolute atomic E-state index is 12.4. The third-order valence-corrected chi connectivity index (χ3v) is 4.30. The molecule has 8 nitrogen and oxygen atoms in total. The van der Waals surface area contributed by atoms with Gasteiger partial charge in [0.1, 0.15) is 5.69 Å². The third-order valence-electron chi connectivity index (χ3n) is 4.30. The standard InChI is InChI=1S/C18H25N5O3/c1-12(2)13-10-14(21-18(20-13)19-6-9-25-3)15-11-16(26-22-15)17(24)23-7-4-5-8-23/h10-12H,4-9H2,1-3H3,(H,19,20,21). The molecule has 2 aromatic heterocycles. The van der Waals surface area contributed by atoms with Crippen LogP contribution in [0, 0.1) is 0 Å². The Morgan fingerprint density at radius 1 is 1.27 bits per heavy atom. The number of nitrogens with one attached hydrogen (secondary N) is 1. The predicted molar refractivity (Wildman–Crippen MR) is 97.1 cm³/mol. The highest BCUT2D eigenvalue weighted by Gasteiger charge is 2.24. The van der Waals surface area contributed by atoms with Crippen LogP contribution >= 0.6 is 0 Å². The number of nitrogens with zero attached hydrogens (tertiary/aromatic N) is 4. The van der Waals surface area contributed by atoms with E-state index < -0.39 is 0 Å². The van der Waals surface area contributed by atoms with Crippen LogP contribution in [0.2, 0.25) is 0 Å². The average Bonchev–Trinajstić information content (AvgIpc) is 3.33. The maximum Gasteiger partial charge on any atom is 0.292 e. The highest BCUT2D eigenvalue weighted by atomic mass is 16.5. The normalized spacial score (nSPS) is 14.2. The van der Waals surface area contributed by atoms with Gasteiger partial charge in [0, 0.05) is 38.5 Å². The molecule has 1 amide bonds. The van der Waals surface area contributed by atoms with Crippen molar-refractivity contribution in [3.63, 3.8) is 0 Å². The largest absolute Gasteiger partial charge is 0.383 e. The summed E-state index contributed by atoms with van der Waals surface area (Å²) in [6, 6.07) is 3.54. The van der Waals surface area contributed by atoms with Gasteiger partial charge in [-0.3, -0.25) is 4.79 Å². The van der Waals surface area contributed by atoms with E-state index in [-0.39, 0.29) is 17.6 Å². The van der Waals surface area contributed by atoms with Crippen LogP contribution in [-0.2, 0) is 4.74 Å². The van der Waals surface area contributed by atoms with Gasteiger partial charge < -0.3 is 19.5 Å². The zero-order chi connectivity index (χ0) is 18.5. The monoisotopic (exact) mass is 359 g/mol. The van der Waals surface area contributed by atoms with Crippen molar-refractivity contribution in [2.45, 2.75) is 32.6 Å². The molecule has 8 heteroatoms. The Bertz CT molecular complexity index is 753. The fourth-order valence-electron chi connectivity index (χ4n) is 2.81. The van der Waals surface area contributed by atoms with E-state index in [2.05, 4.69) is 34.3 Å². The zero-order valence-corrected chi connectivity index (χ0v) is 15.5. The molecule has 3 rings (SSSR count). The second-order valence-corrected chi connectivity index (χ2v) is 6.65. The quantitative estimate of drug-likeness (QED) is 0.759. The number of hydrogen-bond donors (Lipinski definition) is 1. The molecule has 0 spiro atoms. The van der Waals surface area contributed by atoms with Crippen molar-refractivity contribution in [1.82, 2.24) is 20.0 Å². The van der Waals surface area contributed by atoms with E-state index in [1.54, 1.807) is 18.1 Å². The number of likely N-dealkylation sites (tertiary alicyclic amines) is 1. The average molecular weight is 359 g/mol. The van der Waals surface area contributed by atoms with E-state index in [0.717, 1.165) is 31.6 Å². The van der Waals surface area contributed by atoms with E-state index in [9.17, 15) is 4.79 Å². The summed E-state index contributed by atoms with van der Waals surface area (Å²) in [6.45, 7) is 6.84. The molecule has 3 heterocycles. The van der Waals surface area contributed by atoms with Crippen LogP contribution < -0.4 is 5.32 Å². The van der Waals surface area contributed by atoms with Gasteiger partial charge in [-0.2, -0.15) is 0 Å². The molecule has 0 unspecified atom stereocenters. The minimum atomic E-state index is -0.113. The van der Waals surface area contributed by atoms with Gasteiger partial charge in [0.05, 0.1) is 12.3 Å². The molecule has 1 N–H and O–H groups in total. The molecule has 1 fully saturated rings. The van der Waals surface area contributed by atoms with Crippen molar-refractivity contribution in [2.24, 2.45) is 0 Å². The van der Waals surface area contributed by atoms with Crippen molar-refractivity contribution in [3.05, 3.63) is 23.6 Å². The molecule has 1 saturated heterocycles. The minimum Gasteiger partial charge on any atom is -0.383 e. The molecule has 0 aromatic carbocycles. The fraction of sp³-hybridized carbons (Fsp3) is 0.556. The Kier molecular flexibility index (Phi) is 5.82. The van der Waals surface area contributed by atoms with Crippen molar-refractivity contribution in [3.8, 4) is 11.4 Å². The highest BCUT2D eigenvalue weighted by molar-refractivity contribution is 5.92. The van der Waals surface area contributed by atoms with E-state index in [4.69, 9.17) is 9.26 Å². The van der Waals surface area contributed by atoms with E-state index >= 15 is 0 Å². The summed E-state index contributed by atoms with van der Waals surface area (Å²) >= 11 is 0.